The Morgan fingerprint density at radius 1 is 1.12 bits per heavy atom. The van der Waals surface area contributed by atoms with Gasteiger partial charge in [-0.3, -0.25) is 14.4 Å². The molecule has 2 amide bonds. The Hall–Kier alpha value is -3.87. The van der Waals surface area contributed by atoms with Crippen LogP contribution in [0.3, 0.4) is 0 Å². The van der Waals surface area contributed by atoms with Gasteiger partial charge in [0.15, 0.2) is 17.4 Å². The molecule has 0 spiro atoms. The van der Waals surface area contributed by atoms with Crippen LogP contribution >= 0.6 is 0 Å². The number of carbonyl (C=O) groups is 4. The average molecular weight is 470 g/mol. The number of amides is 2. The Kier molecular flexibility index (Phi) is 7.11. The molecular weight excluding hydrogens is 444 g/mol. The second-order valence-corrected chi connectivity index (χ2v) is 8.39. The first-order valence-electron chi connectivity index (χ1n) is 11.1. The number of carbonyl (C=O) groups excluding carboxylic acids is 3. The van der Waals surface area contributed by atoms with Crippen molar-refractivity contribution in [2.24, 2.45) is 5.92 Å². The van der Waals surface area contributed by atoms with Gasteiger partial charge in [0.05, 0.1) is 19.6 Å². The zero-order chi connectivity index (χ0) is 24.1. The molecule has 2 aromatic rings. The van der Waals surface area contributed by atoms with Crippen LogP contribution in [0.2, 0.25) is 0 Å². The van der Waals surface area contributed by atoms with Gasteiger partial charge in [-0.15, -0.1) is 10.2 Å². The van der Waals surface area contributed by atoms with Crippen LogP contribution in [-0.2, 0) is 22.6 Å². The number of aromatic amines is 1. The number of fused-ring (bicyclic) bond motifs is 1. The number of H-pyrrole nitrogens is 1. The minimum absolute atomic E-state index is 0.0711. The van der Waals surface area contributed by atoms with Gasteiger partial charge >= 0.3 is 6.09 Å². The van der Waals surface area contributed by atoms with Crippen molar-refractivity contribution in [1.29, 1.82) is 0 Å². The number of nitrogens with zero attached hydrogens (tertiary/aromatic N) is 3. The number of rotatable bonds is 10. The summed E-state index contributed by atoms with van der Waals surface area (Å²) in [4.78, 5) is 48.2. The topological polar surface area (TPSA) is 191 Å². The Morgan fingerprint density at radius 2 is 1.97 bits per heavy atom. The molecule has 3 atom stereocenters. The standard InChI is InChI=1S/C21H26N8O5/c30-17(8-22-15-3-1-2-13(15)18(31)9-24-21(33)34)11-4-5-14-12(6-11)7-16(25-14)20(32)23-10-19-26-28-29-27-19/h4-6,13,15-16,22,24-25H,1-3,7-10H2,(H,23,32)(H,33,34)(H,26,27,28,29). The van der Waals surface area contributed by atoms with Gasteiger partial charge < -0.3 is 26.4 Å². The van der Waals surface area contributed by atoms with E-state index in [0.717, 1.165) is 24.1 Å². The number of hydrogen-bond donors (Lipinski definition) is 6. The maximum absolute atomic E-state index is 12.8. The van der Waals surface area contributed by atoms with E-state index in [2.05, 4.69) is 41.9 Å². The van der Waals surface area contributed by atoms with Gasteiger partial charge in [-0.05, 0) is 36.6 Å². The zero-order valence-corrected chi connectivity index (χ0v) is 18.3. The molecule has 1 fully saturated rings. The van der Waals surface area contributed by atoms with Crippen molar-refractivity contribution in [3.8, 4) is 0 Å². The first-order chi connectivity index (χ1) is 16.4. The molecule has 1 aromatic carbocycles. The summed E-state index contributed by atoms with van der Waals surface area (Å²) < 4.78 is 0. The predicted octanol–water partition coefficient (Wildman–Crippen LogP) is -0.370. The molecule has 13 heteroatoms. The summed E-state index contributed by atoms with van der Waals surface area (Å²) in [7, 11) is 0. The monoisotopic (exact) mass is 470 g/mol. The predicted molar refractivity (Wildman–Crippen MR) is 118 cm³/mol. The highest BCUT2D eigenvalue weighted by Crippen LogP contribution is 2.28. The van der Waals surface area contributed by atoms with Gasteiger partial charge in [0, 0.05) is 29.6 Å². The summed E-state index contributed by atoms with van der Waals surface area (Å²) in [6.45, 7) is 0.00568. The normalized spacial score (nSPS) is 20.9. The molecule has 0 bridgehead atoms. The van der Waals surface area contributed by atoms with Crippen molar-refractivity contribution in [3.05, 3.63) is 35.2 Å². The average Bonchev–Trinajstić information content (AvgIpc) is 3.59. The van der Waals surface area contributed by atoms with Crippen molar-refractivity contribution >= 4 is 29.3 Å². The molecule has 0 radical (unpaired) electrons. The number of benzene rings is 1. The number of Topliss-reactive ketones (excluding diaryl/α,β-unsaturated/α-hetero) is 2. The smallest absolute Gasteiger partial charge is 0.405 e. The largest absolute Gasteiger partial charge is 0.465 e. The molecule has 3 unspecified atom stereocenters. The zero-order valence-electron chi connectivity index (χ0n) is 18.3. The lowest BCUT2D eigenvalue weighted by Gasteiger charge is -2.19. The molecular formula is C21H26N8O5. The van der Waals surface area contributed by atoms with E-state index in [9.17, 15) is 19.2 Å². The number of ketones is 2. The summed E-state index contributed by atoms with van der Waals surface area (Å²) in [5.41, 5.74) is 2.20. The fraction of sp³-hybridized carbons (Fsp3) is 0.476. The summed E-state index contributed by atoms with van der Waals surface area (Å²) in [5.74, 6) is -0.416. The van der Waals surface area contributed by atoms with Crippen LogP contribution in [0.1, 0.15) is 41.0 Å². The fourth-order valence-electron chi connectivity index (χ4n) is 4.45. The summed E-state index contributed by atoms with van der Waals surface area (Å²) in [5, 5.41) is 33.2. The summed E-state index contributed by atoms with van der Waals surface area (Å²) in [6.07, 6.45) is 1.48. The van der Waals surface area contributed by atoms with E-state index in [-0.39, 0.29) is 49.1 Å². The second kappa shape index (κ2) is 10.4. The third kappa shape index (κ3) is 5.54. The second-order valence-electron chi connectivity index (χ2n) is 8.39. The molecule has 0 saturated heterocycles. The first kappa shape index (κ1) is 23.3. The Labute approximate surface area is 194 Å². The molecule has 34 heavy (non-hydrogen) atoms. The lowest BCUT2D eigenvalue weighted by molar-refractivity contribution is -0.122. The number of tetrazole rings is 1. The first-order valence-corrected chi connectivity index (χ1v) is 11.1. The van der Waals surface area contributed by atoms with E-state index in [1.165, 1.54) is 0 Å². The van der Waals surface area contributed by atoms with Gasteiger partial charge in [0.25, 0.3) is 0 Å². The van der Waals surface area contributed by atoms with Crippen LogP contribution in [0, 0.1) is 5.92 Å². The van der Waals surface area contributed by atoms with Gasteiger partial charge in [0.1, 0.15) is 6.04 Å². The van der Waals surface area contributed by atoms with Crippen molar-refractivity contribution in [2.45, 2.75) is 44.3 Å². The molecule has 180 valence electrons. The van der Waals surface area contributed by atoms with Crippen LogP contribution in [0.5, 0.6) is 0 Å². The maximum Gasteiger partial charge on any atom is 0.405 e. The van der Waals surface area contributed by atoms with E-state index in [1.807, 2.05) is 0 Å². The highest BCUT2D eigenvalue weighted by Gasteiger charge is 2.33. The SMILES string of the molecule is O=C(O)NCC(=O)C1CCCC1NCC(=O)c1ccc2c(c1)CC(C(=O)NCc1nn[nH]n1)N2. The minimum Gasteiger partial charge on any atom is -0.465 e. The molecule has 6 N–H and O–H groups in total. The number of anilines is 1. The van der Waals surface area contributed by atoms with E-state index >= 15 is 0 Å². The van der Waals surface area contributed by atoms with Gasteiger partial charge in [-0.1, -0.05) is 11.6 Å². The van der Waals surface area contributed by atoms with Crippen molar-refractivity contribution in [3.63, 3.8) is 0 Å². The summed E-state index contributed by atoms with van der Waals surface area (Å²) >= 11 is 0. The molecule has 1 aromatic heterocycles. The van der Waals surface area contributed by atoms with E-state index in [4.69, 9.17) is 5.11 Å². The van der Waals surface area contributed by atoms with E-state index in [0.29, 0.717) is 24.2 Å². The Morgan fingerprint density at radius 3 is 2.74 bits per heavy atom. The summed E-state index contributed by atoms with van der Waals surface area (Å²) in [6, 6.07) is 4.66. The fourth-order valence-corrected chi connectivity index (χ4v) is 4.45. The number of nitrogens with one attached hydrogen (secondary N) is 5. The molecule has 2 heterocycles. The van der Waals surface area contributed by atoms with Crippen LogP contribution in [-0.4, -0.2) is 74.5 Å². The van der Waals surface area contributed by atoms with Gasteiger partial charge in [-0.25, -0.2) is 4.79 Å². The number of carboxylic acid groups (broad SMARTS) is 1. The van der Waals surface area contributed by atoms with Crippen LogP contribution in [0.15, 0.2) is 18.2 Å². The lowest BCUT2D eigenvalue weighted by atomic mass is 9.97. The Bertz CT molecular complexity index is 1070. The minimum atomic E-state index is -1.23. The maximum atomic E-state index is 12.8. The molecule has 1 aliphatic carbocycles. The van der Waals surface area contributed by atoms with Crippen molar-refractivity contribution in [2.75, 3.05) is 18.4 Å². The van der Waals surface area contributed by atoms with Gasteiger partial charge in [-0.2, -0.15) is 5.21 Å². The van der Waals surface area contributed by atoms with E-state index < -0.39 is 12.1 Å². The number of aromatic nitrogens is 4. The highest BCUT2D eigenvalue weighted by molar-refractivity contribution is 5.99. The van der Waals surface area contributed by atoms with Gasteiger partial charge in [0.2, 0.25) is 5.91 Å². The highest BCUT2D eigenvalue weighted by atomic mass is 16.4. The quantitative estimate of drug-likeness (QED) is 0.250. The van der Waals surface area contributed by atoms with Crippen molar-refractivity contribution in [1.82, 2.24) is 36.6 Å². The van der Waals surface area contributed by atoms with Crippen LogP contribution in [0.25, 0.3) is 0 Å². The third-order valence-corrected chi connectivity index (χ3v) is 6.18. The van der Waals surface area contributed by atoms with Crippen molar-refractivity contribution < 1.29 is 24.3 Å². The molecule has 1 aliphatic heterocycles. The van der Waals surface area contributed by atoms with Crippen LogP contribution in [0.4, 0.5) is 10.5 Å². The molecule has 4 rings (SSSR count). The van der Waals surface area contributed by atoms with E-state index in [1.54, 1.807) is 18.2 Å². The third-order valence-electron chi connectivity index (χ3n) is 6.18. The molecule has 13 nitrogen and oxygen atoms in total. The molecule has 1 saturated carbocycles. The molecule has 2 aliphatic rings. The van der Waals surface area contributed by atoms with Crippen LogP contribution < -0.4 is 21.3 Å². The lowest BCUT2D eigenvalue weighted by Crippen LogP contribution is -2.42. The Balaban J connectivity index is 1.28. The number of hydrogen-bond acceptors (Lipinski definition) is 9.